The molecule has 19 heavy (non-hydrogen) atoms. The van der Waals surface area contributed by atoms with E-state index >= 15 is 0 Å². The van der Waals surface area contributed by atoms with Gasteiger partial charge in [0, 0.05) is 23.9 Å². The highest BCUT2D eigenvalue weighted by atomic mass is 32.1. The van der Waals surface area contributed by atoms with Crippen molar-refractivity contribution in [2.75, 3.05) is 13.7 Å². The summed E-state index contributed by atoms with van der Waals surface area (Å²) in [6, 6.07) is 0.148. The summed E-state index contributed by atoms with van der Waals surface area (Å²) in [4.78, 5) is 8.86. The lowest BCUT2D eigenvalue weighted by Gasteiger charge is -2.13. The van der Waals surface area contributed by atoms with Gasteiger partial charge in [0.2, 0.25) is 0 Å². The summed E-state index contributed by atoms with van der Waals surface area (Å²) in [6.07, 6.45) is 0. The molecule has 3 N–H and O–H groups in total. The van der Waals surface area contributed by atoms with Gasteiger partial charge in [0.25, 0.3) is 0 Å². The Balaban J connectivity index is 2.53. The minimum absolute atomic E-state index is 0.0867. The fraction of sp³-hybridized carbons (Fsp3) is 0.692. The molecule has 0 aliphatic rings. The van der Waals surface area contributed by atoms with Crippen LogP contribution >= 0.6 is 11.3 Å². The molecule has 1 atom stereocenters. The maximum absolute atomic E-state index is 5.80. The number of aromatic nitrogens is 1. The van der Waals surface area contributed by atoms with Crippen LogP contribution < -0.4 is 11.1 Å². The van der Waals surface area contributed by atoms with Crippen molar-refractivity contribution in [3.8, 4) is 0 Å². The standard InChI is InChI=1S/C13H24N4OS/c1-9(7-18-5)16-12(14)15-6-10-8-19-11(17-10)13(2,3)4/h8-9H,6-7H2,1-5H3,(H3,14,15,16). The molecule has 0 fully saturated rings. The minimum Gasteiger partial charge on any atom is -0.383 e. The SMILES string of the molecule is COCC(C)NC(N)=NCc1csc(C(C)(C)C)n1. The molecule has 0 aromatic carbocycles. The zero-order valence-corrected chi connectivity index (χ0v) is 13.2. The second-order valence-corrected chi connectivity index (χ2v) is 6.45. The van der Waals surface area contributed by atoms with Crippen molar-refractivity contribution in [1.82, 2.24) is 10.3 Å². The van der Waals surface area contributed by atoms with E-state index in [0.717, 1.165) is 10.7 Å². The second-order valence-electron chi connectivity index (χ2n) is 5.60. The number of rotatable bonds is 5. The topological polar surface area (TPSA) is 72.5 Å². The highest BCUT2D eigenvalue weighted by molar-refractivity contribution is 7.09. The summed E-state index contributed by atoms with van der Waals surface area (Å²) in [6.45, 7) is 9.56. The largest absolute Gasteiger partial charge is 0.383 e. The summed E-state index contributed by atoms with van der Waals surface area (Å²) >= 11 is 1.67. The van der Waals surface area contributed by atoms with E-state index in [9.17, 15) is 0 Å². The smallest absolute Gasteiger partial charge is 0.189 e. The molecule has 1 rings (SSSR count). The molecular weight excluding hydrogens is 260 g/mol. The molecule has 0 saturated carbocycles. The zero-order valence-electron chi connectivity index (χ0n) is 12.4. The monoisotopic (exact) mass is 284 g/mol. The van der Waals surface area contributed by atoms with E-state index in [1.807, 2.05) is 12.3 Å². The van der Waals surface area contributed by atoms with Crippen molar-refractivity contribution in [2.24, 2.45) is 10.7 Å². The van der Waals surface area contributed by atoms with E-state index < -0.39 is 0 Å². The zero-order chi connectivity index (χ0) is 14.5. The third-order valence-electron chi connectivity index (χ3n) is 2.42. The Kier molecular flexibility index (Phi) is 5.75. The number of ether oxygens (including phenoxy) is 1. The number of thiazole rings is 1. The van der Waals surface area contributed by atoms with Gasteiger partial charge in [-0.25, -0.2) is 9.98 Å². The van der Waals surface area contributed by atoms with Gasteiger partial charge in [-0.05, 0) is 6.92 Å². The van der Waals surface area contributed by atoms with Crippen molar-refractivity contribution in [1.29, 1.82) is 0 Å². The van der Waals surface area contributed by atoms with Gasteiger partial charge in [0.15, 0.2) is 5.96 Å². The average Bonchev–Trinajstić information content (AvgIpc) is 2.74. The number of hydrogen-bond donors (Lipinski definition) is 2. The van der Waals surface area contributed by atoms with E-state index in [-0.39, 0.29) is 11.5 Å². The van der Waals surface area contributed by atoms with Crippen molar-refractivity contribution in [2.45, 2.75) is 45.7 Å². The molecule has 1 heterocycles. The average molecular weight is 284 g/mol. The Bertz CT molecular complexity index is 423. The maximum atomic E-state index is 5.80. The van der Waals surface area contributed by atoms with Gasteiger partial charge in [0.1, 0.15) is 0 Å². The summed E-state index contributed by atoms with van der Waals surface area (Å²) < 4.78 is 5.02. The summed E-state index contributed by atoms with van der Waals surface area (Å²) in [5, 5.41) is 6.23. The molecule has 0 bridgehead atoms. The van der Waals surface area contributed by atoms with Crippen LogP contribution in [0, 0.1) is 0 Å². The number of nitrogens with zero attached hydrogens (tertiary/aromatic N) is 2. The second kappa shape index (κ2) is 6.86. The van der Waals surface area contributed by atoms with Crippen LogP contribution in [0.25, 0.3) is 0 Å². The number of guanidine groups is 1. The van der Waals surface area contributed by atoms with Crippen LogP contribution in [0.1, 0.15) is 38.4 Å². The Morgan fingerprint density at radius 1 is 1.58 bits per heavy atom. The van der Waals surface area contributed by atoms with E-state index in [1.165, 1.54) is 0 Å². The predicted octanol–water partition coefficient (Wildman–Crippen LogP) is 1.88. The lowest BCUT2D eigenvalue weighted by molar-refractivity contribution is 0.179. The van der Waals surface area contributed by atoms with Crippen LogP contribution in [0.3, 0.4) is 0 Å². The van der Waals surface area contributed by atoms with Crippen LogP contribution in [0.15, 0.2) is 10.4 Å². The Hall–Kier alpha value is -1.14. The van der Waals surface area contributed by atoms with Crippen LogP contribution in [-0.2, 0) is 16.7 Å². The van der Waals surface area contributed by atoms with Crippen molar-refractivity contribution in [3.05, 3.63) is 16.1 Å². The molecule has 1 aromatic rings. The van der Waals surface area contributed by atoms with Gasteiger partial charge in [-0.2, -0.15) is 0 Å². The van der Waals surface area contributed by atoms with Gasteiger partial charge in [-0.3, -0.25) is 0 Å². The summed E-state index contributed by atoms with van der Waals surface area (Å²) in [5.41, 5.74) is 6.85. The van der Waals surface area contributed by atoms with E-state index in [0.29, 0.717) is 19.1 Å². The summed E-state index contributed by atoms with van der Waals surface area (Å²) in [7, 11) is 1.66. The first-order valence-electron chi connectivity index (χ1n) is 6.33. The van der Waals surface area contributed by atoms with Crippen LogP contribution in [0.2, 0.25) is 0 Å². The normalized spacial score (nSPS) is 14.5. The van der Waals surface area contributed by atoms with Crippen molar-refractivity contribution in [3.63, 3.8) is 0 Å². The molecule has 5 nitrogen and oxygen atoms in total. The number of aliphatic imine (C=N–C) groups is 1. The summed E-state index contributed by atoms with van der Waals surface area (Å²) in [5.74, 6) is 0.426. The molecule has 1 unspecified atom stereocenters. The first-order valence-corrected chi connectivity index (χ1v) is 7.21. The lowest BCUT2D eigenvalue weighted by atomic mass is 9.98. The quantitative estimate of drug-likeness (QED) is 0.639. The first kappa shape index (κ1) is 15.9. The molecule has 0 saturated heterocycles. The van der Waals surface area contributed by atoms with Gasteiger partial charge in [-0.15, -0.1) is 11.3 Å². The number of hydrogen-bond acceptors (Lipinski definition) is 4. The Morgan fingerprint density at radius 2 is 2.26 bits per heavy atom. The fourth-order valence-corrected chi connectivity index (χ4v) is 2.38. The highest BCUT2D eigenvalue weighted by Gasteiger charge is 2.17. The van der Waals surface area contributed by atoms with Gasteiger partial charge >= 0.3 is 0 Å². The number of nitrogens with two attached hydrogens (primary N) is 1. The number of methoxy groups -OCH3 is 1. The van der Waals surface area contributed by atoms with Gasteiger partial charge in [-0.1, -0.05) is 20.8 Å². The van der Waals surface area contributed by atoms with Gasteiger partial charge in [0.05, 0.1) is 23.9 Å². The minimum atomic E-state index is 0.0867. The van der Waals surface area contributed by atoms with Crippen molar-refractivity contribution >= 4 is 17.3 Å². The van der Waals surface area contributed by atoms with Crippen LogP contribution in [0.4, 0.5) is 0 Å². The lowest BCUT2D eigenvalue weighted by Crippen LogP contribution is -2.40. The highest BCUT2D eigenvalue weighted by Crippen LogP contribution is 2.25. The molecule has 0 aliphatic carbocycles. The third kappa shape index (κ3) is 5.57. The molecule has 0 spiro atoms. The van der Waals surface area contributed by atoms with E-state index in [4.69, 9.17) is 10.5 Å². The number of nitrogens with one attached hydrogen (secondary N) is 1. The maximum Gasteiger partial charge on any atom is 0.189 e. The third-order valence-corrected chi connectivity index (χ3v) is 3.73. The molecule has 0 radical (unpaired) electrons. The first-order chi connectivity index (χ1) is 8.82. The molecule has 0 amide bonds. The predicted molar refractivity (Wildman–Crippen MR) is 80.6 cm³/mol. The van der Waals surface area contributed by atoms with Crippen molar-refractivity contribution < 1.29 is 4.74 Å². The van der Waals surface area contributed by atoms with E-state index in [2.05, 4.69) is 36.1 Å². The molecule has 1 aromatic heterocycles. The van der Waals surface area contributed by atoms with E-state index in [1.54, 1.807) is 18.4 Å². The molecule has 108 valence electrons. The molecule has 6 heteroatoms. The van der Waals surface area contributed by atoms with Crippen LogP contribution in [-0.4, -0.2) is 30.7 Å². The Morgan fingerprint density at radius 3 is 2.79 bits per heavy atom. The molecular formula is C13H24N4OS. The van der Waals surface area contributed by atoms with Gasteiger partial charge < -0.3 is 15.8 Å². The van der Waals surface area contributed by atoms with Crippen LogP contribution in [0.5, 0.6) is 0 Å². The molecule has 0 aliphatic heterocycles. The fourth-order valence-electron chi connectivity index (χ4n) is 1.48. The Labute approximate surface area is 119 Å².